The number of rotatable bonds is 3. The average Bonchev–Trinajstić information content (AvgIpc) is 3.12. The van der Waals surface area contributed by atoms with Gasteiger partial charge in [-0.25, -0.2) is 9.37 Å². The Labute approximate surface area is 159 Å². The maximum absolute atomic E-state index is 13.9. The monoisotopic (exact) mass is 395 g/mol. The van der Waals surface area contributed by atoms with Crippen molar-refractivity contribution in [1.29, 1.82) is 0 Å². The number of morpholine rings is 1. The molecule has 1 aliphatic rings. The van der Waals surface area contributed by atoms with Crippen LogP contribution in [0.3, 0.4) is 0 Å². The first-order valence-electron chi connectivity index (χ1n) is 8.27. The van der Waals surface area contributed by atoms with Crippen LogP contribution in [-0.4, -0.2) is 39.3 Å². The summed E-state index contributed by atoms with van der Waals surface area (Å²) in [6.45, 7) is 3.69. The van der Waals surface area contributed by atoms with E-state index in [1.165, 1.54) is 18.5 Å². The van der Waals surface area contributed by atoms with Crippen LogP contribution in [-0.2, 0) is 11.2 Å². The molecule has 3 heterocycles. The Morgan fingerprint density at radius 3 is 2.92 bits per heavy atom. The van der Waals surface area contributed by atoms with E-state index < -0.39 is 5.82 Å². The normalized spacial score (nSPS) is 17.8. The second-order valence-corrected chi connectivity index (χ2v) is 6.84. The molecule has 0 N–H and O–H groups in total. The Morgan fingerprint density at radius 2 is 2.12 bits per heavy atom. The first kappa shape index (κ1) is 17.5. The fourth-order valence-corrected chi connectivity index (χ4v) is 3.59. The van der Waals surface area contributed by atoms with Crippen molar-refractivity contribution in [2.45, 2.75) is 19.4 Å². The van der Waals surface area contributed by atoms with Gasteiger partial charge in [-0.15, -0.1) is 0 Å². The van der Waals surface area contributed by atoms with E-state index in [4.69, 9.17) is 27.9 Å². The van der Waals surface area contributed by atoms with Gasteiger partial charge in [-0.1, -0.05) is 30.1 Å². The molecule has 6 nitrogen and oxygen atoms in total. The van der Waals surface area contributed by atoms with E-state index in [2.05, 4.69) is 20.0 Å². The molecule has 1 aromatic carbocycles. The summed E-state index contributed by atoms with van der Waals surface area (Å²) in [4.78, 5) is 10.8. The number of aryl methyl sites for hydroxylation is 1. The van der Waals surface area contributed by atoms with Crippen molar-refractivity contribution in [3.63, 3.8) is 0 Å². The van der Waals surface area contributed by atoms with Crippen molar-refractivity contribution in [2.24, 2.45) is 0 Å². The van der Waals surface area contributed by atoms with Gasteiger partial charge in [0.05, 0.1) is 11.6 Å². The van der Waals surface area contributed by atoms with Crippen molar-refractivity contribution >= 4 is 34.8 Å². The zero-order valence-electron chi connectivity index (χ0n) is 14.0. The van der Waals surface area contributed by atoms with Gasteiger partial charge in [0.15, 0.2) is 0 Å². The number of aromatic nitrogens is 4. The molecule has 0 spiro atoms. The van der Waals surface area contributed by atoms with Crippen LogP contribution in [0.5, 0.6) is 0 Å². The maximum atomic E-state index is 13.9. The number of fused-ring (bicyclic) bond motifs is 1. The third kappa shape index (κ3) is 3.11. The lowest BCUT2D eigenvalue weighted by molar-refractivity contribution is 0.0392. The van der Waals surface area contributed by atoms with Gasteiger partial charge in [0.1, 0.15) is 24.1 Å². The highest BCUT2D eigenvalue weighted by molar-refractivity contribution is 6.35. The number of anilines is 1. The second kappa shape index (κ2) is 6.98. The number of nitrogens with zero attached hydrogens (tertiary/aromatic N) is 5. The molecule has 26 heavy (non-hydrogen) atoms. The van der Waals surface area contributed by atoms with Gasteiger partial charge in [-0.3, -0.25) is 0 Å². The molecule has 1 fully saturated rings. The number of benzene rings is 1. The van der Waals surface area contributed by atoms with Gasteiger partial charge in [0.25, 0.3) is 5.78 Å². The predicted molar refractivity (Wildman–Crippen MR) is 97.5 cm³/mol. The average molecular weight is 396 g/mol. The predicted octanol–water partition coefficient (Wildman–Crippen LogP) is 3.71. The molecule has 0 bridgehead atoms. The van der Waals surface area contributed by atoms with Gasteiger partial charge in [0, 0.05) is 35.4 Å². The lowest BCUT2D eigenvalue weighted by Gasteiger charge is -2.35. The SMILES string of the molecule is CCc1cc(N2CCOC(c3cc(F)c(Cl)cc3Cl)C2)n2ncnc2n1. The quantitative estimate of drug-likeness (QED) is 0.632. The molecule has 4 rings (SSSR count). The van der Waals surface area contributed by atoms with Crippen molar-refractivity contribution in [3.05, 3.63) is 51.6 Å². The highest BCUT2D eigenvalue weighted by atomic mass is 35.5. The van der Waals surface area contributed by atoms with E-state index in [9.17, 15) is 4.39 Å². The summed E-state index contributed by atoms with van der Waals surface area (Å²) in [7, 11) is 0. The summed E-state index contributed by atoms with van der Waals surface area (Å²) < 4.78 is 21.5. The highest BCUT2D eigenvalue weighted by Gasteiger charge is 2.27. The lowest BCUT2D eigenvalue weighted by atomic mass is 10.1. The first-order valence-corrected chi connectivity index (χ1v) is 9.03. The van der Waals surface area contributed by atoms with Crippen LogP contribution in [0, 0.1) is 5.82 Å². The maximum Gasteiger partial charge on any atom is 0.254 e. The summed E-state index contributed by atoms with van der Waals surface area (Å²) in [6, 6.07) is 4.75. The summed E-state index contributed by atoms with van der Waals surface area (Å²) in [5.74, 6) is 0.920. The minimum absolute atomic E-state index is 0.00235. The van der Waals surface area contributed by atoms with E-state index in [1.54, 1.807) is 4.52 Å². The van der Waals surface area contributed by atoms with Gasteiger partial charge in [-0.05, 0) is 18.6 Å². The van der Waals surface area contributed by atoms with Crippen LogP contribution >= 0.6 is 23.2 Å². The molecule has 0 radical (unpaired) electrons. The van der Waals surface area contributed by atoms with E-state index in [1.807, 2.05) is 13.0 Å². The molecule has 0 amide bonds. The molecule has 1 aliphatic heterocycles. The summed E-state index contributed by atoms with van der Waals surface area (Å²) >= 11 is 12.1. The van der Waals surface area contributed by atoms with Crippen LogP contribution in [0.15, 0.2) is 24.5 Å². The molecule has 9 heteroatoms. The molecular weight excluding hydrogens is 380 g/mol. The van der Waals surface area contributed by atoms with Crippen LogP contribution in [0.1, 0.15) is 24.3 Å². The van der Waals surface area contributed by atoms with Crippen LogP contribution < -0.4 is 4.90 Å². The van der Waals surface area contributed by atoms with E-state index in [0.717, 1.165) is 17.9 Å². The lowest BCUT2D eigenvalue weighted by Crippen LogP contribution is -2.39. The Kier molecular flexibility index (Phi) is 4.69. The summed E-state index contributed by atoms with van der Waals surface area (Å²) in [6.07, 6.45) is 1.90. The fourth-order valence-electron chi connectivity index (χ4n) is 3.08. The largest absolute Gasteiger partial charge is 0.370 e. The Balaban J connectivity index is 1.70. The zero-order chi connectivity index (χ0) is 18.3. The van der Waals surface area contributed by atoms with Crippen LogP contribution in [0.25, 0.3) is 5.78 Å². The Hall–Kier alpha value is -1.96. The Morgan fingerprint density at radius 1 is 1.27 bits per heavy atom. The third-order valence-electron chi connectivity index (χ3n) is 4.43. The number of hydrogen-bond donors (Lipinski definition) is 0. The van der Waals surface area contributed by atoms with Crippen molar-refractivity contribution in [1.82, 2.24) is 19.6 Å². The smallest absolute Gasteiger partial charge is 0.254 e. The van der Waals surface area contributed by atoms with Gasteiger partial charge in [-0.2, -0.15) is 14.6 Å². The second-order valence-electron chi connectivity index (χ2n) is 6.02. The minimum atomic E-state index is -0.511. The highest BCUT2D eigenvalue weighted by Crippen LogP contribution is 2.33. The van der Waals surface area contributed by atoms with Crippen molar-refractivity contribution in [2.75, 3.05) is 24.6 Å². The molecular formula is C17H16Cl2FN5O. The van der Waals surface area contributed by atoms with Gasteiger partial charge in [0.2, 0.25) is 0 Å². The number of ether oxygens (including phenoxy) is 1. The van der Waals surface area contributed by atoms with Crippen LogP contribution in [0.2, 0.25) is 10.0 Å². The zero-order valence-corrected chi connectivity index (χ0v) is 15.5. The van der Waals surface area contributed by atoms with Gasteiger partial charge < -0.3 is 9.64 Å². The number of halogens is 3. The van der Waals surface area contributed by atoms with Crippen molar-refractivity contribution < 1.29 is 9.13 Å². The minimum Gasteiger partial charge on any atom is -0.370 e. The molecule has 0 saturated carbocycles. The molecule has 136 valence electrons. The molecule has 1 unspecified atom stereocenters. The third-order valence-corrected chi connectivity index (χ3v) is 5.04. The molecule has 3 aromatic rings. The molecule has 0 aliphatic carbocycles. The van der Waals surface area contributed by atoms with E-state index in [-0.39, 0.29) is 11.1 Å². The standard InChI is InChI=1S/C17H16Cl2FN5O/c1-2-10-5-16(25-17(23-10)21-9-22-25)24-3-4-26-15(8-24)11-6-14(20)13(19)7-12(11)18/h5-7,9,15H,2-4,8H2,1H3. The topological polar surface area (TPSA) is 55.6 Å². The fraction of sp³-hybridized carbons (Fsp3) is 0.353. The van der Waals surface area contributed by atoms with E-state index in [0.29, 0.717) is 36.1 Å². The number of hydrogen-bond acceptors (Lipinski definition) is 5. The van der Waals surface area contributed by atoms with E-state index >= 15 is 0 Å². The summed E-state index contributed by atoms with van der Waals surface area (Å²) in [5.41, 5.74) is 1.51. The first-order chi connectivity index (χ1) is 12.6. The molecule has 2 aromatic heterocycles. The summed E-state index contributed by atoms with van der Waals surface area (Å²) in [5, 5.41) is 4.65. The van der Waals surface area contributed by atoms with Gasteiger partial charge >= 0.3 is 0 Å². The van der Waals surface area contributed by atoms with Crippen LogP contribution in [0.4, 0.5) is 10.2 Å². The Bertz CT molecular complexity index is 964. The van der Waals surface area contributed by atoms with Crippen molar-refractivity contribution in [3.8, 4) is 0 Å². The molecule has 1 saturated heterocycles. The molecule has 1 atom stereocenters.